The molecular formula is C19H18FNO3. The highest BCUT2D eigenvalue weighted by Crippen LogP contribution is 2.30. The molecule has 0 spiro atoms. The lowest BCUT2D eigenvalue weighted by molar-refractivity contribution is 0.0697. The molecule has 124 valence electrons. The Bertz CT molecular complexity index is 753. The van der Waals surface area contributed by atoms with Crippen LogP contribution in [0.3, 0.4) is 0 Å². The molecule has 2 aromatic rings. The molecule has 1 saturated carbocycles. The Kier molecular flexibility index (Phi) is 4.60. The molecular weight excluding hydrogens is 309 g/mol. The molecule has 4 nitrogen and oxygen atoms in total. The molecule has 0 atom stereocenters. The third kappa shape index (κ3) is 3.98. The molecule has 0 radical (unpaired) electrons. The molecule has 24 heavy (non-hydrogen) atoms. The summed E-state index contributed by atoms with van der Waals surface area (Å²) in [7, 11) is 0. The molecule has 0 heterocycles. The minimum Gasteiger partial charge on any atom is -0.478 e. The molecule has 0 saturated heterocycles. The van der Waals surface area contributed by atoms with Gasteiger partial charge in [-0.1, -0.05) is 18.2 Å². The molecule has 1 fully saturated rings. The topological polar surface area (TPSA) is 57.6 Å². The van der Waals surface area contributed by atoms with Crippen LogP contribution in [0.25, 0.3) is 0 Å². The van der Waals surface area contributed by atoms with Gasteiger partial charge in [0.25, 0.3) is 5.91 Å². The molecule has 1 aliphatic rings. The average Bonchev–Trinajstić information content (AvgIpc) is 3.40. The van der Waals surface area contributed by atoms with Gasteiger partial charge in [-0.15, -0.1) is 0 Å². The van der Waals surface area contributed by atoms with E-state index in [1.54, 1.807) is 29.2 Å². The van der Waals surface area contributed by atoms with Gasteiger partial charge < -0.3 is 10.0 Å². The van der Waals surface area contributed by atoms with E-state index in [9.17, 15) is 14.0 Å². The number of benzene rings is 2. The van der Waals surface area contributed by atoms with Gasteiger partial charge in [-0.2, -0.15) is 0 Å². The molecule has 1 N–H and O–H groups in total. The van der Waals surface area contributed by atoms with E-state index >= 15 is 0 Å². The fourth-order valence-corrected chi connectivity index (χ4v) is 2.61. The van der Waals surface area contributed by atoms with Crippen molar-refractivity contribution in [3.05, 3.63) is 71.0 Å². The second-order valence-electron chi connectivity index (χ2n) is 6.14. The predicted octanol–water partition coefficient (Wildman–Crippen LogP) is 3.58. The van der Waals surface area contributed by atoms with Crippen molar-refractivity contribution < 1.29 is 19.1 Å². The maximum Gasteiger partial charge on any atom is 0.335 e. The van der Waals surface area contributed by atoms with E-state index in [4.69, 9.17) is 5.11 Å². The first-order chi connectivity index (χ1) is 11.5. The van der Waals surface area contributed by atoms with Crippen LogP contribution in [-0.2, 0) is 6.54 Å². The summed E-state index contributed by atoms with van der Waals surface area (Å²) in [6, 6.07) is 12.1. The number of hydrogen-bond donors (Lipinski definition) is 1. The van der Waals surface area contributed by atoms with Crippen LogP contribution in [0, 0.1) is 11.7 Å². The Labute approximate surface area is 139 Å². The van der Waals surface area contributed by atoms with Crippen LogP contribution in [0.15, 0.2) is 48.5 Å². The number of hydrogen-bond acceptors (Lipinski definition) is 2. The monoisotopic (exact) mass is 327 g/mol. The van der Waals surface area contributed by atoms with Gasteiger partial charge >= 0.3 is 5.97 Å². The predicted molar refractivity (Wildman–Crippen MR) is 87.3 cm³/mol. The largest absolute Gasteiger partial charge is 0.478 e. The number of carboxylic acids is 1. The number of halogens is 1. The lowest BCUT2D eigenvalue weighted by Crippen LogP contribution is -2.32. The van der Waals surface area contributed by atoms with E-state index in [1.807, 2.05) is 0 Å². The lowest BCUT2D eigenvalue weighted by atomic mass is 10.1. The first-order valence-corrected chi connectivity index (χ1v) is 7.90. The van der Waals surface area contributed by atoms with Gasteiger partial charge in [-0.25, -0.2) is 9.18 Å². The van der Waals surface area contributed by atoms with E-state index in [-0.39, 0.29) is 17.3 Å². The van der Waals surface area contributed by atoms with Crippen molar-refractivity contribution in [3.8, 4) is 0 Å². The van der Waals surface area contributed by atoms with E-state index in [0.29, 0.717) is 24.6 Å². The third-order valence-electron chi connectivity index (χ3n) is 4.11. The van der Waals surface area contributed by atoms with Crippen molar-refractivity contribution in [2.75, 3.05) is 6.54 Å². The van der Waals surface area contributed by atoms with E-state index in [1.165, 1.54) is 24.3 Å². The third-order valence-corrected chi connectivity index (χ3v) is 4.11. The first-order valence-electron chi connectivity index (χ1n) is 7.90. The normalized spacial score (nSPS) is 13.5. The molecule has 0 unspecified atom stereocenters. The highest BCUT2D eigenvalue weighted by atomic mass is 19.1. The Morgan fingerprint density at radius 1 is 1.08 bits per heavy atom. The zero-order valence-corrected chi connectivity index (χ0v) is 13.1. The van der Waals surface area contributed by atoms with Gasteiger partial charge in [0.2, 0.25) is 0 Å². The Morgan fingerprint density at radius 3 is 2.38 bits per heavy atom. The van der Waals surface area contributed by atoms with Gasteiger partial charge in [-0.05, 0) is 54.7 Å². The average molecular weight is 327 g/mol. The quantitative estimate of drug-likeness (QED) is 0.882. The van der Waals surface area contributed by atoms with Crippen molar-refractivity contribution >= 4 is 11.9 Å². The smallest absolute Gasteiger partial charge is 0.335 e. The van der Waals surface area contributed by atoms with Crippen LogP contribution < -0.4 is 0 Å². The Hall–Kier alpha value is -2.69. The molecule has 2 aromatic carbocycles. The summed E-state index contributed by atoms with van der Waals surface area (Å²) >= 11 is 0. The Morgan fingerprint density at radius 2 is 1.75 bits per heavy atom. The van der Waals surface area contributed by atoms with Crippen molar-refractivity contribution in [3.63, 3.8) is 0 Å². The first kappa shape index (κ1) is 16.2. The zero-order chi connectivity index (χ0) is 17.1. The zero-order valence-electron chi connectivity index (χ0n) is 13.1. The van der Waals surface area contributed by atoms with Crippen LogP contribution in [0.2, 0.25) is 0 Å². The van der Waals surface area contributed by atoms with Gasteiger partial charge in [-0.3, -0.25) is 4.79 Å². The second kappa shape index (κ2) is 6.83. The lowest BCUT2D eigenvalue weighted by Gasteiger charge is -2.23. The maximum absolute atomic E-state index is 13.1. The van der Waals surface area contributed by atoms with E-state index in [2.05, 4.69) is 0 Å². The number of amides is 1. The van der Waals surface area contributed by atoms with Crippen molar-refractivity contribution in [1.82, 2.24) is 4.90 Å². The SMILES string of the molecule is O=C(O)c1cccc(C(=O)N(Cc2ccc(F)cc2)CC2CC2)c1. The van der Waals surface area contributed by atoms with Crippen LogP contribution in [0.1, 0.15) is 39.1 Å². The number of carbonyl (C=O) groups is 2. The molecule has 0 aliphatic heterocycles. The van der Waals surface area contributed by atoms with Crippen LogP contribution >= 0.6 is 0 Å². The van der Waals surface area contributed by atoms with Gasteiger partial charge in [0, 0.05) is 18.7 Å². The van der Waals surface area contributed by atoms with Gasteiger partial charge in [0.05, 0.1) is 5.56 Å². The second-order valence-corrected chi connectivity index (χ2v) is 6.14. The summed E-state index contributed by atoms with van der Waals surface area (Å²) in [4.78, 5) is 25.6. The molecule has 1 aliphatic carbocycles. The molecule has 0 aromatic heterocycles. The molecule has 3 rings (SSSR count). The highest BCUT2D eigenvalue weighted by Gasteiger charge is 2.27. The number of carboxylic acid groups (broad SMARTS) is 1. The minimum absolute atomic E-state index is 0.0917. The van der Waals surface area contributed by atoms with Gasteiger partial charge in [0.15, 0.2) is 0 Å². The van der Waals surface area contributed by atoms with Crippen molar-refractivity contribution in [2.45, 2.75) is 19.4 Å². The number of nitrogens with zero attached hydrogens (tertiary/aromatic N) is 1. The summed E-state index contributed by atoms with van der Waals surface area (Å²) < 4.78 is 13.1. The molecule has 5 heteroatoms. The Balaban J connectivity index is 1.81. The standard InChI is InChI=1S/C19H18FNO3/c20-17-8-6-14(7-9-17)12-21(11-13-4-5-13)18(22)15-2-1-3-16(10-15)19(23)24/h1-3,6-10,13H,4-5,11-12H2,(H,23,24). The highest BCUT2D eigenvalue weighted by molar-refractivity contribution is 5.97. The van der Waals surface area contributed by atoms with Crippen LogP contribution in [0.4, 0.5) is 4.39 Å². The van der Waals surface area contributed by atoms with E-state index < -0.39 is 5.97 Å². The molecule has 0 bridgehead atoms. The van der Waals surface area contributed by atoms with Crippen molar-refractivity contribution in [2.24, 2.45) is 5.92 Å². The fraction of sp³-hybridized carbons (Fsp3) is 0.263. The minimum atomic E-state index is -1.06. The number of aromatic carboxylic acids is 1. The summed E-state index contributed by atoms with van der Waals surface area (Å²) in [5.41, 5.74) is 1.30. The van der Waals surface area contributed by atoms with Crippen molar-refractivity contribution in [1.29, 1.82) is 0 Å². The summed E-state index contributed by atoms with van der Waals surface area (Å²) in [6.45, 7) is 1.01. The summed E-state index contributed by atoms with van der Waals surface area (Å²) in [6.07, 6.45) is 2.20. The van der Waals surface area contributed by atoms with Gasteiger partial charge in [0.1, 0.15) is 5.82 Å². The van der Waals surface area contributed by atoms with E-state index in [0.717, 1.165) is 18.4 Å². The summed E-state index contributed by atoms with van der Waals surface area (Å²) in [5.74, 6) is -1.07. The number of carbonyl (C=O) groups excluding carboxylic acids is 1. The fourth-order valence-electron chi connectivity index (χ4n) is 2.61. The van der Waals surface area contributed by atoms with Crippen LogP contribution in [0.5, 0.6) is 0 Å². The van der Waals surface area contributed by atoms with Crippen LogP contribution in [-0.4, -0.2) is 28.4 Å². The number of rotatable bonds is 6. The maximum atomic E-state index is 13.1. The molecule has 1 amide bonds. The summed E-state index contributed by atoms with van der Waals surface area (Å²) in [5, 5.41) is 9.09.